The summed E-state index contributed by atoms with van der Waals surface area (Å²) in [6.45, 7) is 1.85. The van der Waals surface area contributed by atoms with Gasteiger partial charge in [0.2, 0.25) is 0 Å². The lowest BCUT2D eigenvalue weighted by Crippen LogP contribution is -1.93. The number of hydrogen-bond acceptors (Lipinski definition) is 4. The third-order valence-electron chi connectivity index (χ3n) is 2.56. The molecule has 2 aromatic heterocycles. The van der Waals surface area contributed by atoms with Crippen LogP contribution in [0.4, 0.5) is 11.4 Å². The Morgan fingerprint density at radius 1 is 1.60 bits per heavy atom. The van der Waals surface area contributed by atoms with Crippen molar-refractivity contribution in [2.24, 2.45) is 7.05 Å². The molecule has 0 fully saturated rings. The molecular formula is C9H10N4O2. The number of nitrogens with two attached hydrogens (primary N) is 1. The molecule has 6 heteroatoms. The molecule has 2 heterocycles. The Morgan fingerprint density at radius 3 is 2.87 bits per heavy atom. The van der Waals surface area contributed by atoms with E-state index in [1.165, 1.54) is 12.3 Å². The molecule has 0 saturated heterocycles. The maximum Gasteiger partial charge on any atom is 0.288 e. The molecule has 0 bridgehead atoms. The van der Waals surface area contributed by atoms with E-state index in [0.29, 0.717) is 16.7 Å². The molecule has 0 aromatic carbocycles. The number of aryl methyl sites for hydroxylation is 1. The average Bonchev–Trinajstić information content (AvgIpc) is 2.44. The summed E-state index contributed by atoms with van der Waals surface area (Å²) >= 11 is 0. The number of anilines is 1. The second-order valence-corrected chi connectivity index (χ2v) is 3.38. The van der Waals surface area contributed by atoms with Gasteiger partial charge in [0.25, 0.3) is 5.69 Å². The zero-order valence-electron chi connectivity index (χ0n) is 8.39. The standard InChI is InChI=1S/C9H10N4O2/c1-5-8(10)7-3-6(13(14)15)4-11-9(7)12(5)2/h3-4H,10H2,1-2H3. The fourth-order valence-electron chi connectivity index (χ4n) is 1.55. The smallest absolute Gasteiger partial charge is 0.288 e. The lowest BCUT2D eigenvalue weighted by Gasteiger charge is -1.96. The molecule has 0 aliphatic rings. The molecule has 0 radical (unpaired) electrons. The number of nitrogens with zero attached hydrogens (tertiary/aromatic N) is 3. The van der Waals surface area contributed by atoms with Crippen LogP contribution < -0.4 is 5.73 Å². The summed E-state index contributed by atoms with van der Waals surface area (Å²) in [6, 6.07) is 1.45. The molecule has 0 saturated carbocycles. The van der Waals surface area contributed by atoms with Crippen molar-refractivity contribution in [2.45, 2.75) is 6.92 Å². The molecular weight excluding hydrogens is 196 g/mol. The molecule has 0 amide bonds. The molecule has 0 atom stereocenters. The van der Waals surface area contributed by atoms with Crippen LogP contribution in [-0.4, -0.2) is 14.5 Å². The van der Waals surface area contributed by atoms with Gasteiger partial charge in [-0.25, -0.2) is 4.98 Å². The van der Waals surface area contributed by atoms with Gasteiger partial charge in [-0.15, -0.1) is 0 Å². The number of hydrogen-bond donors (Lipinski definition) is 1. The van der Waals surface area contributed by atoms with Crippen LogP contribution in [0.3, 0.4) is 0 Å². The minimum Gasteiger partial charge on any atom is -0.397 e. The van der Waals surface area contributed by atoms with Gasteiger partial charge in [-0.3, -0.25) is 10.1 Å². The van der Waals surface area contributed by atoms with Crippen LogP contribution in [0.2, 0.25) is 0 Å². The summed E-state index contributed by atoms with van der Waals surface area (Å²) in [7, 11) is 1.83. The number of nitro groups is 1. The molecule has 2 N–H and O–H groups in total. The van der Waals surface area contributed by atoms with Gasteiger partial charge in [0, 0.05) is 24.2 Å². The largest absolute Gasteiger partial charge is 0.397 e. The summed E-state index contributed by atoms with van der Waals surface area (Å²) < 4.78 is 1.81. The molecule has 0 aliphatic heterocycles. The van der Waals surface area contributed by atoms with Gasteiger partial charge in [-0.1, -0.05) is 0 Å². The van der Waals surface area contributed by atoms with Crippen LogP contribution in [0.15, 0.2) is 12.3 Å². The van der Waals surface area contributed by atoms with Crippen molar-refractivity contribution in [2.75, 3.05) is 5.73 Å². The van der Waals surface area contributed by atoms with Gasteiger partial charge in [-0.05, 0) is 6.92 Å². The summed E-state index contributed by atoms with van der Waals surface area (Å²) in [5.74, 6) is 0. The molecule has 0 spiro atoms. The van der Waals surface area contributed by atoms with Crippen LogP contribution in [0, 0.1) is 17.0 Å². The van der Waals surface area contributed by atoms with E-state index in [0.717, 1.165) is 5.69 Å². The molecule has 15 heavy (non-hydrogen) atoms. The van der Waals surface area contributed by atoms with Crippen molar-refractivity contribution in [1.29, 1.82) is 0 Å². The maximum atomic E-state index is 10.6. The van der Waals surface area contributed by atoms with Gasteiger partial charge < -0.3 is 10.3 Å². The first kappa shape index (κ1) is 9.45. The van der Waals surface area contributed by atoms with E-state index in [1.807, 2.05) is 18.5 Å². The third-order valence-corrected chi connectivity index (χ3v) is 2.56. The second-order valence-electron chi connectivity index (χ2n) is 3.38. The van der Waals surface area contributed by atoms with Crippen molar-refractivity contribution < 1.29 is 4.92 Å². The predicted octanol–water partition coefficient (Wildman–Crippen LogP) is 1.37. The third kappa shape index (κ3) is 1.22. The van der Waals surface area contributed by atoms with Crippen LogP contribution in [0.5, 0.6) is 0 Å². The second kappa shape index (κ2) is 2.94. The summed E-state index contributed by atoms with van der Waals surface area (Å²) in [5, 5.41) is 11.2. The number of rotatable bonds is 1. The first-order valence-corrected chi connectivity index (χ1v) is 4.37. The number of fused-ring (bicyclic) bond motifs is 1. The van der Waals surface area contributed by atoms with Gasteiger partial charge in [0.05, 0.1) is 10.6 Å². The minimum atomic E-state index is -0.478. The monoisotopic (exact) mass is 206 g/mol. The Hall–Kier alpha value is -2.11. The quantitative estimate of drug-likeness (QED) is 0.563. The SMILES string of the molecule is Cc1c(N)c2cc([N+](=O)[O-])cnc2n1C. The van der Waals surface area contributed by atoms with Crippen LogP contribution in [0.25, 0.3) is 11.0 Å². The molecule has 78 valence electrons. The highest BCUT2D eigenvalue weighted by Gasteiger charge is 2.14. The first-order valence-electron chi connectivity index (χ1n) is 4.37. The number of aromatic nitrogens is 2. The van der Waals surface area contributed by atoms with E-state index in [-0.39, 0.29) is 5.69 Å². The zero-order valence-corrected chi connectivity index (χ0v) is 8.39. The van der Waals surface area contributed by atoms with Crippen molar-refractivity contribution in [3.8, 4) is 0 Å². The Labute approximate surface area is 85.5 Å². The van der Waals surface area contributed by atoms with E-state index < -0.39 is 4.92 Å². The van der Waals surface area contributed by atoms with Crippen molar-refractivity contribution >= 4 is 22.4 Å². The van der Waals surface area contributed by atoms with Crippen molar-refractivity contribution in [1.82, 2.24) is 9.55 Å². The summed E-state index contributed by atoms with van der Waals surface area (Å²) in [4.78, 5) is 14.1. The molecule has 2 aromatic rings. The lowest BCUT2D eigenvalue weighted by molar-refractivity contribution is -0.385. The molecule has 0 unspecified atom stereocenters. The lowest BCUT2D eigenvalue weighted by atomic mass is 10.2. The van der Waals surface area contributed by atoms with E-state index in [2.05, 4.69) is 4.98 Å². The summed E-state index contributed by atoms with van der Waals surface area (Å²) in [6.07, 6.45) is 1.24. The topological polar surface area (TPSA) is 87.0 Å². The van der Waals surface area contributed by atoms with Crippen molar-refractivity contribution in [3.05, 3.63) is 28.1 Å². The highest BCUT2D eigenvalue weighted by molar-refractivity contribution is 5.92. The van der Waals surface area contributed by atoms with Gasteiger partial charge in [0.15, 0.2) is 0 Å². The fourth-order valence-corrected chi connectivity index (χ4v) is 1.55. The summed E-state index contributed by atoms with van der Waals surface area (Å²) in [5.41, 5.74) is 7.85. The van der Waals surface area contributed by atoms with Gasteiger partial charge in [-0.2, -0.15) is 0 Å². The van der Waals surface area contributed by atoms with E-state index >= 15 is 0 Å². The Bertz CT molecular complexity index is 559. The number of pyridine rings is 1. The van der Waals surface area contributed by atoms with Crippen LogP contribution in [-0.2, 0) is 7.05 Å². The number of nitrogen functional groups attached to an aromatic ring is 1. The normalized spacial score (nSPS) is 10.8. The maximum absolute atomic E-state index is 10.6. The highest BCUT2D eigenvalue weighted by atomic mass is 16.6. The predicted molar refractivity (Wildman–Crippen MR) is 56.5 cm³/mol. The molecule has 0 aliphatic carbocycles. The van der Waals surface area contributed by atoms with Crippen molar-refractivity contribution in [3.63, 3.8) is 0 Å². The van der Waals surface area contributed by atoms with Crippen LogP contribution >= 0.6 is 0 Å². The Balaban J connectivity index is 2.82. The zero-order chi connectivity index (χ0) is 11.2. The van der Waals surface area contributed by atoms with Gasteiger partial charge >= 0.3 is 0 Å². The highest BCUT2D eigenvalue weighted by Crippen LogP contribution is 2.28. The van der Waals surface area contributed by atoms with Gasteiger partial charge in [0.1, 0.15) is 11.8 Å². The average molecular weight is 206 g/mol. The Kier molecular flexibility index (Phi) is 1.85. The van der Waals surface area contributed by atoms with E-state index in [1.54, 1.807) is 0 Å². The Morgan fingerprint density at radius 2 is 2.27 bits per heavy atom. The fraction of sp³-hybridized carbons (Fsp3) is 0.222. The minimum absolute atomic E-state index is 0.0419. The van der Waals surface area contributed by atoms with E-state index in [9.17, 15) is 10.1 Å². The molecule has 6 nitrogen and oxygen atoms in total. The first-order chi connectivity index (χ1) is 7.02. The van der Waals surface area contributed by atoms with E-state index in [4.69, 9.17) is 5.73 Å². The van der Waals surface area contributed by atoms with Crippen LogP contribution in [0.1, 0.15) is 5.69 Å². The molecule has 2 rings (SSSR count).